The molecular weight excluding hydrogens is 326 g/mol. The lowest BCUT2D eigenvalue weighted by Gasteiger charge is -2.12. The fraction of sp³-hybridized carbons (Fsp3) is 0.143. The second-order valence-electron chi connectivity index (χ2n) is 6.23. The summed E-state index contributed by atoms with van der Waals surface area (Å²) in [5.74, 6) is -0.143. The SMILES string of the molecule is Cc1ccccc1Cn1c(C(=O)NCc2ccccn2)cc2ccoc21. The van der Waals surface area contributed by atoms with E-state index in [-0.39, 0.29) is 5.91 Å². The molecule has 0 atom stereocenters. The normalized spacial score (nSPS) is 11.0. The summed E-state index contributed by atoms with van der Waals surface area (Å²) in [4.78, 5) is 17.0. The zero-order valence-electron chi connectivity index (χ0n) is 14.5. The number of amides is 1. The number of aryl methyl sites for hydroxylation is 1. The summed E-state index contributed by atoms with van der Waals surface area (Å²) in [6, 6.07) is 17.5. The quantitative estimate of drug-likeness (QED) is 0.596. The Hall–Kier alpha value is -3.34. The van der Waals surface area contributed by atoms with Crippen LogP contribution in [-0.2, 0) is 13.1 Å². The Morgan fingerprint density at radius 3 is 2.81 bits per heavy atom. The number of fused-ring (bicyclic) bond motifs is 1. The predicted molar refractivity (Wildman–Crippen MR) is 99.9 cm³/mol. The van der Waals surface area contributed by atoms with Crippen LogP contribution in [0.15, 0.2) is 71.5 Å². The van der Waals surface area contributed by atoms with E-state index in [4.69, 9.17) is 4.42 Å². The van der Waals surface area contributed by atoms with E-state index in [0.717, 1.165) is 16.6 Å². The van der Waals surface area contributed by atoms with Crippen LogP contribution in [0.3, 0.4) is 0 Å². The molecule has 0 spiro atoms. The van der Waals surface area contributed by atoms with Gasteiger partial charge in [-0.1, -0.05) is 30.3 Å². The van der Waals surface area contributed by atoms with Crippen LogP contribution in [0.2, 0.25) is 0 Å². The number of hydrogen-bond acceptors (Lipinski definition) is 3. The minimum absolute atomic E-state index is 0.143. The molecule has 26 heavy (non-hydrogen) atoms. The van der Waals surface area contributed by atoms with Crippen molar-refractivity contribution in [2.75, 3.05) is 0 Å². The lowest BCUT2D eigenvalue weighted by molar-refractivity contribution is 0.0941. The summed E-state index contributed by atoms with van der Waals surface area (Å²) < 4.78 is 7.55. The zero-order chi connectivity index (χ0) is 17.9. The molecular formula is C21H19N3O2. The van der Waals surface area contributed by atoms with Gasteiger partial charge in [-0.05, 0) is 42.3 Å². The average molecular weight is 345 g/mol. The number of pyridine rings is 1. The average Bonchev–Trinajstić information content (AvgIpc) is 3.25. The number of nitrogens with zero attached hydrogens (tertiary/aromatic N) is 2. The molecule has 0 saturated heterocycles. The summed E-state index contributed by atoms with van der Waals surface area (Å²) >= 11 is 0. The molecule has 0 fully saturated rings. The van der Waals surface area contributed by atoms with E-state index in [2.05, 4.69) is 29.4 Å². The van der Waals surface area contributed by atoms with Crippen LogP contribution >= 0.6 is 0 Å². The molecule has 0 radical (unpaired) electrons. The number of nitrogens with one attached hydrogen (secondary N) is 1. The maximum absolute atomic E-state index is 12.8. The Morgan fingerprint density at radius 2 is 2.00 bits per heavy atom. The molecule has 3 aromatic heterocycles. The molecule has 3 heterocycles. The van der Waals surface area contributed by atoms with Gasteiger partial charge < -0.3 is 14.3 Å². The standard InChI is InChI=1S/C21H19N3O2/c1-15-6-2-3-7-17(15)14-24-19(12-16-9-11-26-21(16)24)20(25)23-13-18-8-4-5-10-22-18/h2-12H,13-14H2,1H3,(H,23,25). The smallest absolute Gasteiger partial charge is 0.268 e. The van der Waals surface area contributed by atoms with Crippen LogP contribution in [0, 0.1) is 6.92 Å². The van der Waals surface area contributed by atoms with Gasteiger partial charge in [0.25, 0.3) is 5.91 Å². The number of hydrogen-bond donors (Lipinski definition) is 1. The van der Waals surface area contributed by atoms with Gasteiger partial charge in [-0.15, -0.1) is 0 Å². The Morgan fingerprint density at radius 1 is 1.15 bits per heavy atom. The van der Waals surface area contributed by atoms with Crippen molar-refractivity contribution >= 4 is 17.0 Å². The van der Waals surface area contributed by atoms with Crippen molar-refractivity contribution in [2.45, 2.75) is 20.0 Å². The lowest BCUT2D eigenvalue weighted by atomic mass is 10.1. The molecule has 0 aliphatic heterocycles. The van der Waals surface area contributed by atoms with Gasteiger partial charge in [0.05, 0.1) is 25.0 Å². The number of carbonyl (C=O) groups is 1. The van der Waals surface area contributed by atoms with Crippen molar-refractivity contribution in [1.29, 1.82) is 0 Å². The highest BCUT2D eigenvalue weighted by molar-refractivity contribution is 5.97. The highest BCUT2D eigenvalue weighted by Gasteiger charge is 2.18. The molecule has 0 saturated carbocycles. The molecule has 0 bridgehead atoms. The first-order valence-electron chi connectivity index (χ1n) is 8.52. The monoisotopic (exact) mass is 345 g/mol. The maximum atomic E-state index is 12.8. The minimum Gasteiger partial charge on any atom is -0.448 e. The van der Waals surface area contributed by atoms with Crippen molar-refractivity contribution < 1.29 is 9.21 Å². The first-order chi connectivity index (χ1) is 12.7. The molecule has 1 amide bonds. The van der Waals surface area contributed by atoms with Crippen molar-refractivity contribution in [2.24, 2.45) is 0 Å². The third kappa shape index (κ3) is 3.11. The first kappa shape index (κ1) is 16.1. The van der Waals surface area contributed by atoms with E-state index in [1.54, 1.807) is 12.5 Å². The van der Waals surface area contributed by atoms with Gasteiger partial charge in [0.1, 0.15) is 5.69 Å². The third-order valence-electron chi connectivity index (χ3n) is 4.48. The van der Waals surface area contributed by atoms with E-state index >= 15 is 0 Å². The summed E-state index contributed by atoms with van der Waals surface area (Å²) in [5.41, 5.74) is 4.44. The van der Waals surface area contributed by atoms with Gasteiger partial charge in [-0.3, -0.25) is 9.78 Å². The van der Waals surface area contributed by atoms with E-state index in [9.17, 15) is 4.79 Å². The molecule has 1 aromatic carbocycles. The molecule has 130 valence electrons. The highest BCUT2D eigenvalue weighted by Crippen LogP contribution is 2.23. The Labute approximate surface area is 151 Å². The molecule has 0 unspecified atom stereocenters. The lowest BCUT2D eigenvalue weighted by Crippen LogP contribution is -2.26. The van der Waals surface area contributed by atoms with Crippen LogP contribution in [0.4, 0.5) is 0 Å². The largest absolute Gasteiger partial charge is 0.448 e. The summed E-state index contributed by atoms with van der Waals surface area (Å²) in [7, 11) is 0. The van der Waals surface area contributed by atoms with Gasteiger partial charge in [-0.2, -0.15) is 0 Å². The molecule has 5 heteroatoms. The Bertz CT molecular complexity index is 1050. The number of rotatable bonds is 5. The van der Waals surface area contributed by atoms with Crippen molar-refractivity contribution in [3.05, 3.63) is 89.6 Å². The second kappa shape index (κ2) is 6.88. The summed E-state index contributed by atoms with van der Waals surface area (Å²) in [6.07, 6.45) is 3.37. The summed E-state index contributed by atoms with van der Waals surface area (Å²) in [5, 5.41) is 3.86. The van der Waals surface area contributed by atoms with E-state index in [1.165, 1.54) is 5.56 Å². The molecule has 5 nitrogen and oxygen atoms in total. The van der Waals surface area contributed by atoms with Gasteiger partial charge in [0.2, 0.25) is 5.71 Å². The summed E-state index contributed by atoms with van der Waals surface area (Å²) in [6.45, 7) is 3.03. The number of benzene rings is 1. The number of furan rings is 1. The maximum Gasteiger partial charge on any atom is 0.268 e. The molecule has 1 N–H and O–H groups in total. The predicted octanol–water partition coefficient (Wildman–Crippen LogP) is 3.92. The van der Waals surface area contributed by atoms with Crippen molar-refractivity contribution in [3.63, 3.8) is 0 Å². The van der Waals surface area contributed by atoms with Gasteiger partial charge in [-0.25, -0.2) is 0 Å². The third-order valence-corrected chi connectivity index (χ3v) is 4.48. The number of carbonyl (C=O) groups excluding carboxylic acids is 1. The van der Waals surface area contributed by atoms with E-state index in [1.807, 2.05) is 47.0 Å². The Kier molecular flexibility index (Phi) is 4.27. The van der Waals surface area contributed by atoms with Crippen molar-refractivity contribution in [3.8, 4) is 0 Å². The van der Waals surface area contributed by atoms with Gasteiger partial charge in [0, 0.05) is 11.6 Å². The van der Waals surface area contributed by atoms with Crippen LogP contribution in [0.1, 0.15) is 27.3 Å². The van der Waals surface area contributed by atoms with Crippen LogP contribution in [0.25, 0.3) is 11.1 Å². The minimum atomic E-state index is -0.143. The number of aromatic nitrogens is 2. The van der Waals surface area contributed by atoms with Gasteiger partial charge >= 0.3 is 0 Å². The second-order valence-corrected chi connectivity index (χ2v) is 6.23. The van der Waals surface area contributed by atoms with Crippen LogP contribution < -0.4 is 5.32 Å². The topological polar surface area (TPSA) is 60.1 Å². The van der Waals surface area contributed by atoms with E-state index in [0.29, 0.717) is 24.5 Å². The zero-order valence-corrected chi connectivity index (χ0v) is 14.5. The van der Waals surface area contributed by atoms with Crippen LogP contribution in [-0.4, -0.2) is 15.5 Å². The molecule has 4 aromatic rings. The fourth-order valence-corrected chi connectivity index (χ4v) is 3.04. The Balaban J connectivity index is 1.63. The van der Waals surface area contributed by atoms with E-state index < -0.39 is 0 Å². The first-order valence-corrected chi connectivity index (χ1v) is 8.52. The fourth-order valence-electron chi connectivity index (χ4n) is 3.04. The molecule has 4 rings (SSSR count). The van der Waals surface area contributed by atoms with Gasteiger partial charge in [0.15, 0.2) is 0 Å². The van der Waals surface area contributed by atoms with Crippen LogP contribution in [0.5, 0.6) is 0 Å². The van der Waals surface area contributed by atoms with Crippen molar-refractivity contribution in [1.82, 2.24) is 14.9 Å². The molecule has 0 aliphatic rings. The highest BCUT2D eigenvalue weighted by atomic mass is 16.3. The molecule has 0 aliphatic carbocycles.